The van der Waals surface area contributed by atoms with Crippen LogP contribution in [-0.4, -0.2) is 0 Å². The van der Waals surface area contributed by atoms with Crippen molar-refractivity contribution < 1.29 is 0 Å². The van der Waals surface area contributed by atoms with Gasteiger partial charge in [-0.3, -0.25) is 0 Å². The van der Waals surface area contributed by atoms with Gasteiger partial charge in [0.25, 0.3) is 0 Å². The molecule has 0 radical (unpaired) electrons. The molecule has 0 bridgehead atoms. The molecule has 0 N–H and O–H groups in total. The molecule has 0 fully saturated rings. The number of hydrogen-bond acceptors (Lipinski definition) is 0. The summed E-state index contributed by atoms with van der Waals surface area (Å²) in [7, 11) is 0. The zero-order chi connectivity index (χ0) is 13.9. The van der Waals surface area contributed by atoms with Crippen molar-refractivity contribution >= 4 is 12.2 Å². The fourth-order valence-electron chi connectivity index (χ4n) is 3.11. The number of hydrogen-bond donors (Lipinski definition) is 0. The Morgan fingerprint density at radius 3 is 2.53 bits per heavy atom. The van der Waals surface area contributed by atoms with Crippen molar-refractivity contribution in [2.24, 2.45) is 0 Å². The minimum absolute atomic E-state index is 0.0528. The lowest BCUT2D eigenvalue weighted by Crippen LogP contribution is -2.31. The van der Waals surface area contributed by atoms with Gasteiger partial charge in [0.15, 0.2) is 0 Å². The Labute approximate surface area is 116 Å². The average molecular weight is 250 g/mol. The summed E-state index contributed by atoms with van der Waals surface area (Å²) in [5, 5.41) is 0. The van der Waals surface area contributed by atoms with Crippen molar-refractivity contribution in [3.8, 4) is 0 Å². The minimum atomic E-state index is 0.0528. The monoisotopic (exact) mass is 250 g/mol. The third-order valence-corrected chi connectivity index (χ3v) is 3.94. The molecule has 1 aromatic carbocycles. The molecule has 0 aliphatic heterocycles. The highest BCUT2D eigenvalue weighted by Gasteiger charge is 2.38. The minimum Gasteiger partial charge on any atom is -0.103 e. The van der Waals surface area contributed by atoms with Crippen molar-refractivity contribution in [1.29, 1.82) is 0 Å². The molecular weight excluding hydrogens is 228 g/mol. The molecule has 0 amide bonds. The molecule has 0 aromatic heterocycles. The molecule has 19 heavy (non-hydrogen) atoms. The molecule has 98 valence electrons. The zero-order valence-electron chi connectivity index (χ0n) is 11.9. The first-order chi connectivity index (χ1) is 9.28. The molecule has 3 rings (SSSR count). The summed E-state index contributed by atoms with van der Waals surface area (Å²) < 4.78 is 0. The molecule has 0 saturated heterocycles. The van der Waals surface area contributed by atoms with E-state index in [0.717, 1.165) is 12.8 Å². The van der Waals surface area contributed by atoms with Crippen LogP contribution in [0.15, 0.2) is 55.2 Å². The summed E-state index contributed by atoms with van der Waals surface area (Å²) in [5.41, 5.74) is 5.37. The zero-order valence-corrected chi connectivity index (χ0v) is 11.9. The van der Waals surface area contributed by atoms with Gasteiger partial charge in [0.1, 0.15) is 0 Å². The second-order valence-corrected chi connectivity index (χ2v) is 4.85. The van der Waals surface area contributed by atoms with Gasteiger partial charge in [0, 0.05) is 5.41 Å². The molecule has 0 nitrogen and oxygen atoms in total. The molecule has 0 heteroatoms. The highest BCUT2D eigenvalue weighted by atomic mass is 14.4. The smallest absolute Gasteiger partial charge is 0.0277 e. The molecule has 1 aromatic rings. The third-order valence-electron chi connectivity index (χ3n) is 3.94. The maximum Gasteiger partial charge on any atom is 0.0277 e. The summed E-state index contributed by atoms with van der Waals surface area (Å²) in [5.74, 6) is 0. The van der Waals surface area contributed by atoms with Crippen LogP contribution in [0.3, 0.4) is 0 Å². The fraction of sp³-hybridized carbons (Fsp3) is 0.263. The molecule has 1 atom stereocenters. The SMILES string of the molecule is C=CCC12CC=Cc3cccc(c31)C=CC2=C.CC. The Bertz CT molecular complexity index is 557. The van der Waals surface area contributed by atoms with Crippen LogP contribution in [0.5, 0.6) is 0 Å². The van der Waals surface area contributed by atoms with Crippen molar-refractivity contribution in [3.05, 3.63) is 71.8 Å². The standard InChI is InChI=1S/C17H16.C2H6/c1-3-11-17-12-5-8-14-6-4-7-15(16(14)17)10-9-13(17)2;1-2/h3-10H,1-2,11-12H2;1-2H3. The van der Waals surface area contributed by atoms with Crippen molar-refractivity contribution in [2.45, 2.75) is 32.1 Å². The van der Waals surface area contributed by atoms with Gasteiger partial charge in [0.05, 0.1) is 0 Å². The van der Waals surface area contributed by atoms with Crippen molar-refractivity contribution in [2.75, 3.05) is 0 Å². The highest BCUT2D eigenvalue weighted by molar-refractivity contribution is 5.75. The first kappa shape index (κ1) is 13.6. The number of rotatable bonds is 2. The first-order valence-corrected chi connectivity index (χ1v) is 7.06. The second kappa shape index (κ2) is 5.44. The van der Waals surface area contributed by atoms with Gasteiger partial charge < -0.3 is 0 Å². The maximum absolute atomic E-state index is 4.26. The lowest BCUT2D eigenvalue weighted by Gasteiger charge is -2.40. The normalized spacial score (nSPS) is 22.3. The summed E-state index contributed by atoms with van der Waals surface area (Å²) in [6.07, 6.45) is 12.9. The van der Waals surface area contributed by atoms with Crippen LogP contribution >= 0.6 is 0 Å². The molecular formula is C19H22. The van der Waals surface area contributed by atoms with Crippen LogP contribution in [0.2, 0.25) is 0 Å². The highest BCUT2D eigenvalue weighted by Crippen LogP contribution is 2.48. The van der Waals surface area contributed by atoms with E-state index in [1.807, 2.05) is 19.9 Å². The van der Waals surface area contributed by atoms with E-state index < -0.39 is 0 Å². The van der Waals surface area contributed by atoms with E-state index in [0.29, 0.717) is 0 Å². The van der Waals surface area contributed by atoms with E-state index in [1.54, 1.807) is 0 Å². The lowest BCUT2D eigenvalue weighted by atomic mass is 9.63. The molecule has 2 aliphatic rings. The number of benzene rings is 1. The predicted octanol–water partition coefficient (Wildman–Crippen LogP) is 5.53. The van der Waals surface area contributed by atoms with Crippen LogP contribution in [0.25, 0.3) is 12.2 Å². The Morgan fingerprint density at radius 2 is 1.84 bits per heavy atom. The van der Waals surface area contributed by atoms with E-state index in [2.05, 4.69) is 55.7 Å². The summed E-state index contributed by atoms with van der Waals surface area (Å²) in [6, 6.07) is 6.51. The Balaban J connectivity index is 0.000000637. The fourth-order valence-corrected chi connectivity index (χ4v) is 3.11. The maximum atomic E-state index is 4.26. The van der Waals surface area contributed by atoms with Crippen molar-refractivity contribution in [1.82, 2.24) is 0 Å². The molecule has 0 heterocycles. The van der Waals surface area contributed by atoms with Gasteiger partial charge in [-0.05, 0) is 35.1 Å². The lowest BCUT2D eigenvalue weighted by molar-refractivity contribution is 0.520. The third kappa shape index (κ3) is 2.02. The van der Waals surface area contributed by atoms with E-state index >= 15 is 0 Å². The number of allylic oxidation sites excluding steroid dienone is 4. The summed E-state index contributed by atoms with van der Waals surface area (Å²) in [6.45, 7) is 12.2. The quantitative estimate of drug-likeness (QED) is 0.606. The van der Waals surface area contributed by atoms with Crippen LogP contribution in [0.4, 0.5) is 0 Å². The topological polar surface area (TPSA) is 0 Å². The Morgan fingerprint density at radius 1 is 1.16 bits per heavy atom. The largest absolute Gasteiger partial charge is 0.103 e. The van der Waals surface area contributed by atoms with Gasteiger partial charge in [-0.25, -0.2) is 0 Å². The summed E-state index contributed by atoms with van der Waals surface area (Å²) >= 11 is 0. The predicted molar refractivity (Wildman–Crippen MR) is 86.1 cm³/mol. The van der Waals surface area contributed by atoms with Crippen LogP contribution in [0.1, 0.15) is 43.4 Å². The molecule has 1 unspecified atom stereocenters. The van der Waals surface area contributed by atoms with Crippen molar-refractivity contribution in [3.63, 3.8) is 0 Å². The Hall–Kier alpha value is -1.82. The van der Waals surface area contributed by atoms with Crippen LogP contribution in [-0.2, 0) is 5.41 Å². The van der Waals surface area contributed by atoms with Gasteiger partial charge >= 0.3 is 0 Å². The van der Waals surface area contributed by atoms with E-state index in [1.165, 1.54) is 22.3 Å². The van der Waals surface area contributed by atoms with Gasteiger partial charge in [-0.1, -0.05) is 69.0 Å². The van der Waals surface area contributed by atoms with Crippen LogP contribution < -0.4 is 0 Å². The van der Waals surface area contributed by atoms with E-state index in [4.69, 9.17) is 0 Å². The average Bonchev–Trinajstić information content (AvgIpc) is 2.46. The molecule has 0 spiro atoms. The van der Waals surface area contributed by atoms with E-state index in [-0.39, 0.29) is 5.41 Å². The molecule has 2 aliphatic carbocycles. The summed E-state index contributed by atoms with van der Waals surface area (Å²) in [4.78, 5) is 0. The van der Waals surface area contributed by atoms with Gasteiger partial charge in [-0.2, -0.15) is 0 Å². The van der Waals surface area contributed by atoms with Gasteiger partial charge in [-0.15, -0.1) is 6.58 Å². The van der Waals surface area contributed by atoms with Gasteiger partial charge in [0.2, 0.25) is 0 Å². The molecule has 0 saturated carbocycles. The van der Waals surface area contributed by atoms with Crippen LogP contribution in [0, 0.1) is 0 Å². The second-order valence-electron chi connectivity index (χ2n) is 4.85. The first-order valence-electron chi connectivity index (χ1n) is 7.06. The van der Waals surface area contributed by atoms with E-state index in [9.17, 15) is 0 Å². The Kier molecular flexibility index (Phi) is 3.90.